The molecule has 0 atom stereocenters. The fourth-order valence-corrected chi connectivity index (χ4v) is 3.79. The molecular weight excluding hydrogens is 367 g/mol. The standard InChI is InChI=1S/C11H15IN2O3S/c1-2-17-11(15)9-7(12)8(13)10(18-9)14-3-5-16-6-4-14/h2-6,13H2,1H3. The van der Waals surface area contributed by atoms with Crippen LogP contribution in [0.2, 0.25) is 0 Å². The van der Waals surface area contributed by atoms with E-state index in [1.54, 1.807) is 6.92 Å². The zero-order chi connectivity index (χ0) is 13.1. The molecule has 7 heteroatoms. The second-order valence-corrected chi connectivity index (χ2v) is 5.86. The van der Waals surface area contributed by atoms with Crippen LogP contribution in [-0.4, -0.2) is 38.9 Å². The van der Waals surface area contributed by atoms with Gasteiger partial charge >= 0.3 is 5.97 Å². The zero-order valence-electron chi connectivity index (χ0n) is 10.1. The molecule has 5 nitrogen and oxygen atoms in total. The number of ether oxygens (including phenoxy) is 2. The van der Waals surface area contributed by atoms with Gasteiger partial charge in [-0.1, -0.05) is 0 Å². The molecule has 1 aliphatic rings. The van der Waals surface area contributed by atoms with Crippen LogP contribution >= 0.6 is 33.9 Å². The van der Waals surface area contributed by atoms with E-state index in [-0.39, 0.29) is 5.97 Å². The summed E-state index contributed by atoms with van der Waals surface area (Å²) < 4.78 is 11.1. The van der Waals surface area contributed by atoms with Crippen LogP contribution in [0.1, 0.15) is 16.6 Å². The van der Waals surface area contributed by atoms with Crippen molar-refractivity contribution in [3.05, 3.63) is 8.45 Å². The quantitative estimate of drug-likeness (QED) is 0.640. The van der Waals surface area contributed by atoms with Crippen molar-refractivity contribution in [1.29, 1.82) is 0 Å². The minimum absolute atomic E-state index is 0.293. The van der Waals surface area contributed by atoms with Crippen LogP contribution < -0.4 is 10.6 Å². The van der Waals surface area contributed by atoms with Crippen LogP contribution in [0.4, 0.5) is 10.7 Å². The van der Waals surface area contributed by atoms with Crippen molar-refractivity contribution in [3.8, 4) is 0 Å². The van der Waals surface area contributed by atoms with E-state index in [0.717, 1.165) is 21.7 Å². The summed E-state index contributed by atoms with van der Waals surface area (Å²) in [5.74, 6) is -0.293. The molecule has 2 N–H and O–H groups in total. The molecular formula is C11H15IN2O3S. The van der Waals surface area contributed by atoms with E-state index in [1.165, 1.54) is 11.3 Å². The monoisotopic (exact) mass is 382 g/mol. The number of halogens is 1. The Kier molecular flexibility index (Phi) is 4.68. The number of hydrogen-bond acceptors (Lipinski definition) is 6. The number of nitrogens with zero attached hydrogens (tertiary/aromatic N) is 1. The maximum absolute atomic E-state index is 11.8. The molecule has 0 amide bonds. The van der Waals surface area contributed by atoms with Gasteiger partial charge in [-0.2, -0.15) is 0 Å². The summed E-state index contributed by atoms with van der Waals surface area (Å²) in [6, 6.07) is 0. The first-order chi connectivity index (χ1) is 8.65. The molecule has 2 heterocycles. The molecule has 100 valence electrons. The average Bonchev–Trinajstić information content (AvgIpc) is 2.68. The normalized spacial score (nSPS) is 15.8. The van der Waals surface area contributed by atoms with Gasteiger partial charge in [0, 0.05) is 13.1 Å². The Hall–Kier alpha value is -0.540. The number of nitrogens with two attached hydrogens (primary N) is 1. The van der Waals surface area contributed by atoms with Crippen molar-refractivity contribution in [2.75, 3.05) is 43.5 Å². The number of hydrogen-bond donors (Lipinski definition) is 1. The Balaban J connectivity index is 2.26. The molecule has 0 aromatic carbocycles. The molecule has 1 fully saturated rings. The Bertz CT molecular complexity index is 444. The second kappa shape index (κ2) is 6.07. The topological polar surface area (TPSA) is 64.8 Å². The van der Waals surface area contributed by atoms with E-state index < -0.39 is 0 Å². The molecule has 1 aromatic rings. The van der Waals surface area contributed by atoms with Gasteiger partial charge in [-0.05, 0) is 29.5 Å². The highest BCUT2D eigenvalue weighted by molar-refractivity contribution is 14.1. The highest BCUT2D eigenvalue weighted by Crippen LogP contribution is 2.40. The van der Waals surface area contributed by atoms with Crippen LogP contribution in [0.3, 0.4) is 0 Å². The SMILES string of the molecule is CCOC(=O)c1sc(N2CCOCC2)c(N)c1I. The third-order valence-corrected chi connectivity index (χ3v) is 5.36. The average molecular weight is 382 g/mol. The summed E-state index contributed by atoms with van der Waals surface area (Å²) in [6.07, 6.45) is 0. The summed E-state index contributed by atoms with van der Waals surface area (Å²) in [7, 11) is 0. The number of morpholine rings is 1. The number of thiophene rings is 1. The number of carbonyl (C=O) groups is 1. The minimum atomic E-state index is -0.293. The van der Waals surface area contributed by atoms with E-state index in [9.17, 15) is 4.79 Å². The van der Waals surface area contributed by atoms with Crippen LogP contribution in [0.5, 0.6) is 0 Å². The summed E-state index contributed by atoms with van der Waals surface area (Å²) >= 11 is 3.51. The lowest BCUT2D eigenvalue weighted by atomic mass is 10.3. The predicted molar refractivity (Wildman–Crippen MR) is 80.4 cm³/mol. The fourth-order valence-electron chi connectivity index (χ4n) is 1.74. The number of esters is 1. The zero-order valence-corrected chi connectivity index (χ0v) is 13.0. The molecule has 0 aliphatic carbocycles. The first-order valence-electron chi connectivity index (χ1n) is 5.72. The van der Waals surface area contributed by atoms with E-state index >= 15 is 0 Å². The number of nitrogen functional groups attached to an aromatic ring is 1. The fraction of sp³-hybridized carbons (Fsp3) is 0.545. The minimum Gasteiger partial charge on any atom is -0.462 e. The van der Waals surface area contributed by atoms with Crippen molar-refractivity contribution in [2.24, 2.45) is 0 Å². The molecule has 1 saturated heterocycles. The van der Waals surface area contributed by atoms with E-state index in [4.69, 9.17) is 15.2 Å². The Morgan fingerprint density at radius 3 is 2.83 bits per heavy atom. The van der Waals surface area contributed by atoms with Gasteiger partial charge in [-0.15, -0.1) is 11.3 Å². The van der Waals surface area contributed by atoms with E-state index in [1.807, 2.05) is 0 Å². The number of anilines is 2. The van der Waals surface area contributed by atoms with Gasteiger partial charge in [0.15, 0.2) is 0 Å². The second-order valence-electron chi connectivity index (χ2n) is 3.78. The highest BCUT2D eigenvalue weighted by Gasteiger charge is 2.24. The molecule has 0 spiro atoms. The third kappa shape index (κ3) is 2.72. The van der Waals surface area contributed by atoms with Crippen LogP contribution in [0.15, 0.2) is 0 Å². The maximum atomic E-state index is 11.8. The molecule has 2 rings (SSSR count). The number of carbonyl (C=O) groups excluding carboxylic acids is 1. The van der Waals surface area contributed by atoms with E-state index in [2.05, 4.69) is 27.5 Å². The molecule has 0 bridgehead atoms. The summed E-state index contributed by atoms with van der Waals surface area (Å²) in [4.78, 5) is 14.6. The summed E-state index contributed by atoms with van der Waals surface area (Å²) in [5, 5.41) is 0.950. The van der Waals surface area contributed by atoms with Crippen molar-refractivity contribution < 1.29 is 14.3 Å². The Morgan fingerprint density at radius 1 is 1.56 bits per heavy atom. The van der Waals surface area contributed by atoms with Crippen molar-refractivity contribution in [1.82, 2.24) is 0 Å². The molecule has 0 saturated carbocycles. The molecule has 0 radical (unpaired) electrons. The molecule has 1 aliphatic heterocycles. The predicted octanol–water partition coefficient (Wildman–Crippen LogP) is 1.95. The van der Waals surface area contributed by atoms with Gasteiger partial charge in [0.2, 0.25) is 0 Å². The van der Waals surface area contributed by atoms with Gasteiger partial charge in [0.25, 0.3) is 0 Å². The largest absolute Gasteiger partial charge is 0.462 e. The Morgan fingerprint density at radius 2 is 2.22 bits per heavy atom. The van der Waals surface area contributed by atoms with E-state index in [0.29, 0.717) is 30.4 Å². The molecule has 1 aromatic heterocycles. The van der Waals surface area contributed by atoms with Gasteiger partial charge in [-0.25, -0.2) is 4.79 Å². The maximum Gasteiger partial charge on any atom is 0.349 e. The highest BCUT2D eigenvalue weighted by atomic mass is 127. The molecule has 18 heavy (non-hydrogen) atoms. The van der Waals surface area contributed by atoms with Gasteiger partial charge in [-0.3, -0.25) is 0 Å². The third-order valence-electron chi connectivity index (χ3n) is 2.62. The Labute approximate surface area is 123 Å². The smallest absolute Gasteiger partial charge is 0.349 e. The molecule has 0 unspecified atom stereocenters. The van der Waals surface area contributed by atoms with Gasteiger partial charge in [0.05, 0.1) is 29.1 Å². The van der Waals surface area contributed by atoms with Crippen LogP contribution in [0.25, 0.3) is 0 Å². The van der Waals surface area contributed by atoms with Crippen molar-refractivity contribution in [2.45, 2.75) is 6.92 Å². The summed E-state index contributed by atoms with van der Waals surface area (Å²) in [5.41, 5.74) is 6.75. The lowest BCUT2D eigenvalue weighted by Gasteiger charge is -2.27. The van der Waals surface area contributed by atoms with Crippen molar-refractivity contribution >= 4 is 50.6 Å². The summed E-state index contributed by atoms with van der Waals surface area (Å²) in [6.45, 7) is 5.18. The first-order valence-corrected chi connectivity index (χ1v) is 7.62. The van der Waals surface area contributed by atoms with Crippen LogP contribution in [-0.2, 0) is 9.47 Å². The van der Waals surface area contributed by atoms with Crippen molar-refractivity contribution in [3.63, 3.8) is 0 Å². The number of rotatable bonds is 3. The lowest BCUT2D eigenvalue weighted by molar-refractivity contribution is 0.0531. The first kappa shape index (κ1) is 13.9. The van der Waals surface area contributed by atoms with Gasteiger partial charge < -0.3 is 20.1 Å². The lowest BCUT2D eigenvalue weighted by Crippen LogP contribution is -2.36. The van der Waals surface area contributed by atoms with Gasteiger partial charge in [0.1, 0.15) is 9.88 Å². The van der Waals surface area contributed by atoms with Crippen LogP contribution in [0, 0.1) is 3.57 Å².